The first-order valence-corrected chi connectivity index (χ1v) is 7.88. The normalized spacial score (nSPS) is 10.8. The zero-order valence-corrected chi connectivity index (χ0v) is 13.4. The van der Waals surface area contributed by atoms with Gasteiger partial charge in [-0.15, -0.1) is 0 Å². The van der Waals surface area contributed by atoms with E-state index in [4.69, 9.17) is 9.47 Å². The minimum Gasteiger partial charge on any atom is -0.493 e. The van der Waals surface area contributed by atoms with Gasteiger partial charge in [0.25, 0.3) is 0 Å². The van der Waals surface area contributed by atoms with Crippen molar-refractivity contribution in [1.82, 2.24) is 5.32 Å². The molecule has 1 rings (SSSR count). The zero-order valence-electron chi connectivity index (χ0n) is 13.4. The Labute approximate surface area is 123 Å². The molecule has 1 aromatic carbocycles. The largest absolute Gasteiger partial charge is 0.493 e. The van der Waals surface area contributed by atoms with Crippen LogP contribution in [0.5, 0.6) is 11.5 Å². The van der Waals surface area contributed by atoms with E-state index in [1.165, 1.54) is 5.56 Å². The van der Waals surface area contributed by atoms with Crippen molar-refractivity contribution in [2.24, 2.45) is 0 Å². The second-order valence-electron chi connectivity index (χ2n) is 4.95. The molecule has 0 aliphatic heterocycles. The second kappa shape index (κ2) is 9.65. The molecule has 0 aliphatic carbocycles. The maximum Gasteiger partial charge on any atom is 0.127 e. The number of benzene rings is 1. The lowest BCUT2D eigenvalue weighted by atomic mass is 10.1. The van der Waals surface area contributed by atoms with E-state index >= 15 is 0 Å². The molecule has 0 aliphatic rings. The molecule has 0 radical (unpaired) electrons. The lowest BCUT2D eigenvalue weighted by Gasteiger charge is -2.19. The SMILES string of the molecule is CCCOc1ccc(CNCC)c(OC(CC)CC)c1. The Morgan fingerprint density at radius 3 is 2.45 bits per heavy atom. The summed E-state index contributed by atoms with van der Waals surface area (Å²) in [6.07, 6.45) is 3.34. The van der Waals surface area contributed by atoms with Gasteiger partial charge >= 0.3 is 0 Å². The number of ether oxygens (including phenoxy) is 2. The van der Waals surface area contributed by atoms with E-state index in [1.807, 2.05) is 12.1 Å². The van der Waals surface area contributed by atoms with Gasteiger partial charge in [-0.2, -0.15) is 0 Å². The van der Waals surface area contributed by atoms with E-state index in [9.17, 15) is 0 Å². The summed E-state index contributed by atoms with van der Waals surface area (Å²) in [6.45, 7) is 11.1. The molecule has 0 spiro atoms. The fourth-order valence-electron chi connectivity index (χ4n) is 1.99. The van der Waals surface area contributed by atoms with Crippen molar-refractivity contribution in [3.63, 3.8) is 0 Å². The molecule has 0 amide bonds. The molecule has 0 saturated carbocycles. The van der Waals surface area contributed by atoms with Crippen molar-refractivity contribution in [3.8, 4) is 11.5 Å². The fraction of sp³-hybridized carbons (Fsp3) is 0.647. The van der Waals surface area contributed by atoms with Crippen LogP contribution in [0.25, 0.3) is 0 Å². The van der Waals surface area contributed by atoms with Gasteiger partial charge in [-0.3, -0.25) is 0 Å². The summed E-state index contributed by atoms with van der Waals surface area (Å²) < 4.78 is 11.8. The van der Waals surface area contributed by atoms with Gasteiger partial charge in [0.2, 0.25) is 0 Å². The molecule has 0 atom stereocenters. The molecular formula is C17H29NO2. The van der Waals surface area contributed by atoms with Gasteiger partial charge in [-0.1, -0.05) is 33.8 Å². The van der Waals surface area contributed by atoms with Crippen LogP contribution in [0.4, 0.5) is 0 Å². The standard InChI is InChI=1S/C17H29NO2/c1-5-11-19-16-10-9-14(13-18-8-4)17(12-16)20-15(6-2)7-3/h9-10,12,15,18H,5-8,11,13H2,1-4H3. The molecule has 0 heterocycles. The Kier molecular flexibility index (Phi) is 8.12. The quantitative estimate of drug-likeness (QED) is 0.698. The Morgan fingerprint density at radius 2 is 1.85 bits per heavy atom. The van der Waals surface area contributed by atoms with Gasteiger partial charge in [0, 0.05) is 18.2 Å². The summed E-state index contributed by atoms with van der Waals surface area (Å²) in [5.74, 6) is 1.85. The Balaban J connectivity index is 2.86. The minimum absolute atomic E-state index is 0.275. The van der Waals surface area contributed by atoms with Crippen LogP contribution in [0, 0.1) is 0 Å². The summed E-state index contributed by atoms with van der Waals surface area (Å²) in [7, 11) is 0. The van der Waals surface area contributed by atoms with Crippen molar-refractivity contribution in [3.05, 3.63) is 23.8 Å². The van der Waals surface area contributed by atoms with E-state index in [0.717, 1.165) is 50.5 Å². The van der Waals surface area contributed by atoms with Crippen LogP contribution in [-0.2, 0) is 6.54 Å². The van der Waals surface area contributed by atoms with Crippen molar-refractivity contribution in [2.45, 2.75) is 59.6 Å². The third kappa shape index (κ3) is 5.41. The second-order valence-corrected chi connectivity index (χ2v) is 4.95. The topological polar surface area (TPSA) is 30.5 Å². The predicted molar refractivity (Wildman–Crippen MR) is 84.6 cm³/mol. The maximum atomic E-state index is 6.14. The number of hydrogen-bond acceptors (Lipinski definition) is 3. The van der Waals surface area contributed by atoms with Gasteiger partial charge in [-0.25, -0.2) is 0 Å². The van der Waals surface area contributed by atoms with Gasteiger partial charge < -0.3 is 14.8 Å². The van der Waals surface area contributed by atoms with Gasteiger partial charge in [0.1, 0.15) is 11.5 Å². The van der Waals surface area contributed by atoms with Crippen LogP contribution in [0.2, 0.25) is 0 Å². The fourth-order valence-corrected chi connectivity index (χ4v) is 1.99. The molecule has 3 heteroatoms. The van der Waals surface area contributed by atoms with E-state index < -0.39 is 0 Å². The molecular weight excluding hydrogens is 250 g/mol. The molecule has 0 fully saturated rings. The van der Waals surface area contributed by atoms with Gasteiger partial charge in [0.05, 0.1) is 12.7 Å². The van der Waals surface area contributed by atoms with Crippen LogP contribution in [0.3, 0.4) is 0 Å². The molecule has 0 saturated heterocycles. The van der Waals surface area contributed by atoms with Crippen LogP contribution < -0.4 is 14.8 Å². The van der Waals surface area contributed by atoms with Crippen molar-refractivity contribution < 1.29 is 9.47 Å². The molecule has 114 valence electrons. The van der Waals surface area contributed by atoms with Crippen LogP contribution in [-0.4, -0.2) is 19.3 Å². The molecule has 3 nitrogen and oxygen atoms in total. The molecule has 0 bridgehead atoms. The first kappa shape index (κ1) is 16.8. The van der Waals surface area contributed by atoms with E-state index in [1.54, 1.807) is 0 Å². The first-order valence-electron chi connectivity index (χ1n) is 7.88. The Morgan fingerprint density at radius 1 is 1.10 bits per heavy atom. The summed E-state index contributed by atoms with van der Waals surface area (Å²) in [4.78, 5) is 0. The number of hydrogen-bond donors (Lipinski definition) is 1. The van der Waals surface area contributed by atoms with Crippen LogP contribution >= 0.6 is 0 Å². The maximum absolute atomic E-state index is 6.14. The van der Waals surface area contributed by atoms with E-state index in [2.05, 4.69) is 39.1 Å². The lowest BCUT2D eigenvalue weighted by Crippen LogP contribution is -2.17. The van der Waals surface area contributed by atoms with Crippen molar-refractivity contribution in [2.75, 3.05) is 13.2 Å². The number of nitrogens with one attached hydrogen (secondary N) is 1. The number of rotatable bonds is 10. The smallest absolute Gasteiger partial charge is 0.127 e. The average molecular weight is 279 g/mol. The first-order chi connectivity index (χ1) is 9.74. The minimum atomic E-state index is 0.275. The monoisotopic (exact) mass is 279 g/mol. The molecule has 1 N–H and O–H groups in total. The third-order valence-electron chi connectivity index (χ3n) is 3.28. The summed E-state index contributed by atoms with van der Waals surface area (Å²) in [5.41, 5.74) is 1.20. The van der Waals surface area contributed by atoms with E-state index in [-0.39, 0.29) is 6.10 Å². The van der Waals surface area contributed by atoms with Crippen LogP contribution in [0.15, 0.2) is 18.2 Å². The highest BCUT2D eigenvalue weighted by atomic mass is 16.5. The third-order valence-corrected chi connectivity index (χ3v) is 3.28. The zero-order chi connectivity index (χ0) is 14.8. The summed E-state index contributed by atoms with van der Waals surface area (Å²) >= 11 is 0. The highest BCUT2D eigenvalue weighted by molar-refractivity contribution is 5.41. The van der Waals surface area contributed by atoms with Gasteiger partial charge in [0.15, 0.2) is 0 Å². The summed E-state index contributed by atoms with van der Waals surface area (Å²) in [5, 5.41) is 3.36. The Bertz CT molecular complexity index is 375. The van der Waals surface area contributed by atoms with Crippen molar-refractivity contribution in [1.29, 1.82) is 0 Å². The highest BCUT2D eigenvalue weighted by Crippen LogP contribution is 2.27. The average Bonchev–Trinajstić information content (AvgIpc) is 2.49. The molecule has 1 aromatic rings. The van der Waals surface area contributed by atoms with Crippen LogP contribution in [0.1, 0.15) is 52.5 Å². The lowest BCUT2D eigenvalue weighted by molar-refractivity contribution is 0.189. The van der Waals surface area contributed by atoms with Crippen molar-refractivity contribution >= 4 is 0 Å². The Hall–Kier alpha value is -1.22. The van der Waals surface area contributed by atoms with Gasteiger partial charge in [-0.05, 0) is 31.9 Å². The molecule has 0 aromatic heterocycles. The molecule has 20 heavy (non-hydrogen) atoms. The van der Waals surface area contributed by atoms with E-state index in [0.29, 0.717) is 0 Å². The highest BCUT2D eigenvalue weighted by Gasteiger charge is 2.11. The molecule has 0 unspecified atom stereocenters. The predicted octanol–water partition coefficient (Wildman–Crippen LogP) is 4.15. The summed E-state index contributed by atoms with van der Waals surface area (Å²) in [6, 6.07) is 6.16.